The number of aromatic amines is 1. The molecular formula is C20H24F3N5O6. The van der Waals surface area contributed by atoms with Gasteiger partial charge >= 0.3 is 17.8 Å². The van der Waals surface area contributed by atoms with E-state index in [0.29, 0.717) is 0 Å². The van der Waals surface area contributed by atoms with E-state index in [1.54, 1.807) is 0 Å². The summed E-state index contributed by atoms with van der Waals surface area (Å²) in [5.41, 5.74) is -1.75. The van der Waals surface area contributed by atoms with Gasteiger partial charge in [0.25, 0.3) is 5.56 Å². The van der Waals surface area contributed by atoms with Crippen LogP contribution in [0.4, 0.5) is 19.1 Å². The molecule has 4 rings (SSSR count). The van der Waals surface area contributed by atoms with Crippen LogP contribution in [0.5, 0.6) is 0 Å². The lowest BCUT2D eigenvalue weighted by Gasteiger charge is -2.22. The number of imidazole rings is 1. The Morgan fingerprint density at radius 1 is 1.29 bits per heavy atom. The first-order valence-electron chi connectivity index (χ1n) is 10.8. The summed E-state index contributed by atoms with van der Waals surface area (Å²) in [5.74, 6) is -3.29. The van der Waals surface area contributed by atoms with Gasteiger partial charge in [0, 0.05) is 26.8 Å². The van der Waals surface area contributed by atoms with Gasteiger partial charge in [-0.3, -0.25) is 29.3 Å². The number of alkyl halides is 3. The van der Waals surface area contributed by atoms with Gasteiger partial charge < -0.3 is 9.47 Å². The summed E-state index contributed by atoms with van der Waals surface area (Å²) in [6, 6.07) is 0. The standard InChI is InChI=1S/C20H24F3N5O6/c1-8(20(21,22)23)12-6-13(33-10(3)30)17(34-12)28-15-14(27(19(28)32)7-11-4-5-11)16(31)26-18(25-15)24-9(2)29/h8,11-13,17H,4-7H2,1-3H3,(H2,24,25,26,29,31)/t8-,12+,13-,17-/m1/s1. The number of nitrogens with zero attached hydrogens (tertiary/aromatic N) is 3. The van der Waals surface area contributed by atoms with Crippen molar-refractivity contribution < 1.29 is 32.2 Å². The fraction of sp³-hybridized carbons (Fsp3) is 0.650. The van der Waals surface area contributed by atoms with E-state index < -0.39 is 53.7 Å². The molecule has 2 aromatic rings. The lowest BCUT2D eigenvalue weighted by atomic mass is 10.0. The highest BCUT2D eigenvalue weighted by Gasteiger charge is 2.50. The Hall–Kier alpha value is -3.16. The first kappa shape index (κ1) is 24.0. The molecule has 0 spiro atoms. The Morgan fingerprint density at radius 3 is 2.53 bits per heavy atom. The van der Waals surface area contributed by atoms with Crippen molar-refractivity contribution in [3.05, 3.63) is 20.8 Å². The zero-order valence-electron chi connectivity index (χ0n) is 18.6. The summed E-state index contributed by atoms with van der Waals surface area (Å²) < 4.78 is 53.1. The fourth-order valence-corrected chi connectivity index (χ4v) is 4.11. The molecule has 14 heteroatoms. The van der Waals surface area contributed by atoms with Crippen molar-refractivity contribution in [1.29, 1.82) is 0 Å². The molecule has 186 valence electrons. The number of halogens is 3. The first-order chi connectivity index (χ1) is 15.9. The predicted molar refractivity (Wildman–Crippen MR) is 111 cm³/mol. The van der Waals surface area contributed by atoms with Crippen LogP contribution in [0.1, 0.15) is 46.3 Å². The molecule has 11 nitrogen and oxygen atoms in total. The van der Waals surface area contributed by atoms with E-state index in [4.69, 9.17) is 9.47 Å². The van der Waals surface area contributed by atoms with Crippen LogP contribution in [-0.2, 0) is 25.6 Å². The number of esters is 1. The van der Waals surface area contributed by atoms with Gasteiger partial charge in [-0.05, 0) is 18.8 Å². The van der Waals surface area contributed by atoms with Crippen LogP contribution in [-0.4, -0.2) is 49.4 Å². The van der Waals surface area contributed by atoms with Gasteiger partial charge in [0.05, 0.1) is 12.0 Å². The van der Waals surface area contributed by atoms with Crippen LogP contribution in [0.25, 0.3) is 11.2 Å². The van der Waals surface area contributed by atoms with Gasteiger partial charge in [0.15, 0.2) is 17.4 Å². The van der Waals surface area contributed by atoms with Gasteiger partial charge in [0.1, 0.15) is 6.10 Å². The van der Waals surface area contributed by atoms with Gasteiger partial charge in [0.2, 0.25) is 11.9 Å². The topological polar surface area (TPSA) is 137 Å². The van der Waals surface area contributed by atoms with Gasteiger partial charge in [-0.2, -0.15) is 18.2 Å². The summed E-state index contributed by atoms with van der Waals surface area (Å²) in [5, 5.41) is 2.32. The third-order valence-corrected chi connectivity index (χ3v) is 5.99. The van der Waals surface area contributed by atoms with Crippen LogP contribution in [0, 0.1) is 11.8 Å². The van der Waals surface area contributed by atoms with Crippen molar-refractivity contribution in [3.8, 4) is 0 Å². The highest BCUT2D eigenvalue weighted by atomic mass is 19.4. The third-order valence-electron chi connectivity index (χ3n) is 5.99. The Morgan fingerprint density at radius 2 is 1.97 bits per heavy atom. The first-order valence-corrected chi connectivity index (χ1v) is 10.8. The van der Waals surface area contributed by atoms with Crippen molar-refractivity contribution in [2.45, 2.75) is 71.2 Å². The molecule has 0 bridgehead atoms. The van der Waals surface area contributed by atoms with Crippen molar-refractivity contribution in [3.63, 3.8) is 0 Å². The van der Waals surface area contributed by atoms with E-state index in [0.717, 1.165) is 31.3 Å². The van der Waals surface area contributed by atoms with Crippen LogP contribution in [0.15, 0.2) is 9.59 Å². The monoisotopic (exact) mass is 487 g/mol. The van der Waals surface area contributed by atoms with Crippen LogP contribution in [0.2, 0.25) is 0 Å². The molecule has 2 N–H and O–H groups in total. The quantitative estimate of drug-likeness (QED) is 0.592. The zero-order chi connectivity index (χ0) is 24.9. The zero-order valence-corrected chi connectivity index (χ0v) is 18.6. The second kappa shape index (κ2) is 8.56. The molecule has 3 heterocycles. The maximum Gasteiger partial charge on any atom is 0.394 e. The number of aromatic nitrogens is 4. The van der Waals surface area contributed by atoms with E-state index in [1.807, 2.05) is 0 Å². The molecule has 2 aromatic heterocycles. The van der Waals surface area contributed by atoms with Gasteiger partial charge in [-0.1, -0.05) is 6.92 Å². The lowest BCUT2D eigenvalue weighted by Crippen LogP contribution is -2.34. The summed E-state index contributed by atoms with van der Waals surface area (Å²) in [6.45, 7) is 3.43. The Labute approximate surface area is 190 Å². The summed E-state index contributed by atoms with van der Waals surface area (Å²) >= 11 is 0. The second-order valence-electron chi connectivity index (χ2n) is 8.75. The normalized spacial score (nSPS) is 23.8. The number of carbonyl (C=O) groups excluding carboxylic acids is 2. The number of anilines is 1. The summed E-state index contributed by atoms with van der Waals surface area (Å²) in [6.07, 6.45) is -7.26. The van der Waals surface area contributed by atoms with E-state index in [2.05, 4.69) is 15.3 Å². The molecule has 34 heavy (non-hydrogen) atoms. The Bertz CT molecular complexity index is 1240. The average molecular weight is 487 g/mol. The molecular weight excluding hydrogens is 463 g/mol. The van der Waals surface area contributed by atoms with E-state index >= 15 is 0 Å². The number of ether oxygens (including phenoxy) is 2. The average Bonchev–Trinajstić information content (AvgIpc) is 3.37. The smallest absolute Gasteiger partial charge is 0.394 e. The number of amides is 1. The highest BCUT2D eigenvalue weighted by molar-refractivity contribution is 5.87. The lowest BCUT2D eigenvalue weighted by molar-refractivity contribution is -0.203. The minimum absolute atomic E-state index is 0.108. The van der Waals surface area contributed by atoms with Crippen molar-refractivity contribution in [2.75, 3.05) is 5.32 Å². The SMILES string of the molecule is CC(=O)Nc1nc2c(c(=O)[nH]1)n(CC1CC1)c(=O)n2[C@@H]1O[C@H]([C@@H](C)C(F)(F)F)C[C@H]1OC(C)=O. The molecule has 1 amide bonds. The van der Waals surface area contributed by atoms with Crippen LogP contribution in [0.3, 0.4) is 0 Å². The minimum atomic E-state index is -4.58. The number of hydrogen-bond acceptors (Lipinski definition) is 7. The molecule has 0 aromatic carbocycles. The van der Waals surface area contributed by atoms with Gasteiger partial charge in [-0.25, -0.2) is 9.36 Å². The maximum absolute atomic E-state index is 13.4. The van der Waals surface area contributed by atoms with Crippen LogP contribution < -0.4 is 16.6 Å². The van der Waals surface area contributed by atoms with E-state index in [9.17, 15) is 32.3 Å². The number of nitrogens with one attached hydrogen (secondary N) is 2. The van der Waals surface area contributed by atoms with Crippen LogP contribution >= 0.6 is 0 Å². The van der Waals surface area contributed by atoms with E-state index in [-0.39, 0.29) is 36.0 Å². The Balaban J connectivity index is 1.87. The second-order valence-corrected chi connectivity index (χ2v) is 8.75. The molecule has 4 atom stereocenters. The molecule has 2 fully saturated rings. The number of H-pyrrole nitrogens is 1. The third kappa shape index (κ3) is 4.58. The molecule has 0 unspecified atom stereocenters. The number of rotatable bonds is 6. The molecule has 2 aliphatic rings. The predicted octanol–water partition coefficient (Wildman–Crippen LogP) is 1.67. The number of carbonyl (C=O) groups is 2. The number of hydrogen-bond donors (Lipinski definition) is 2. The maximum atomic E-state index is 13.4. The number of fused-ring (bicyclic) bond motifs is 1. The van der Waals surface area contributed by atoms with Crippen molar-refractivity contribution >= 4 is 29.0 Å². The molecule has 1 saturated heterocycles. The molecule has 1 aliphatic heterocycles. The summed E-state index contributed by atoms with van der Waals surface area (Å²) in [7, 11) is 0. The molecule has 0 radical (unpaired) electrons. The fourth-order valence-electron chi connectivity index (χ4n) is 4.11. The van der Waals surface area contributed by atoms with Gasteiger partial charge in [-0.15, -0.1) is 0 Å². The molecule has 1 aliphatic carbocycles. The highest BCUT2D eigenvalue weighted by Crippen LogP contribution is 2.41. The largest absolute Gasteiger partial charge is 0.458 e. The minimum Gasteiger partial charge on any atom is -0.458 e. The molecule has 1 saturated carbocycles. The van der Waals surface area contributed by atoms with E-state index in [1.165, 1.54) is 11.5 Å². The van der Waals surface area contributed by atoms with Crippen molar-refractivity contribution in [2.24, 2.45) is 11.8 Å². The summed E-state index contributed by atoms with van der Waals surface area (Å²) in [4.78, 5) is 56.0. The Kier molecular flexibility index (Phi) is 6.04. The van der Waals surface area contributed by atoms with Crippen molar-refractivity contribution in [1.82, 2.24) is 19.1 Å².